The molecule has 9 heavy (non-hydrogen) atoms. The number of aliphatic hydroxyl groups is 1. The molecule has 0 aliphatic heterocycles. The first kappa shape index (κ1) is 9.21. The molecule has 0 aromatic carbocycles. The van der Waals surface area contributed by atoms with Gasteiger partial charge in [-0.15, -0.1) is 11.6 Å². The predicted octanol–water partition coefficient (Wildman–Crippen LogP) is 1.01. The summed E-state index contributed by atoms with van der Waals surface area (Å²) in [5.41, 5.74) is 0. The van der Waals surface area contributed by atoms with Crippen molar-refractivity contribution in [1.82, 2.24) is 0 Å². The van der Waals surface area contributed by atoms with E-state index >= 15 is 0 Å². The maximum Gasteiger partial charge on any atom is 0.0908 e. The maximum absolute atomic E-state index is 8.83. The summed E-state index contributed by atoms with van der Waals surface area (Å²) in [5, 5.41) is 8.83. The number of hydrogen-bond donors (Lipinski definition) is 1. The molecular formula is C6H13ClO2. The second-order valence-electron chi connectivity index (χ2n) is 1.88. The van der Waals surface area contributed by atoms with Crippen LogP contribution in [-0.4, -0.2) is 30.3 Å². The van der Waals surface area contributed by atoms with Crippen molar-refractivity contribution in [3.05, 3.63) is 0 Å². The summed E-state index contributed by atoms with van der Waals surface area (Å²) in [4.78, 5) is 0. The van der Waals surface area contributed by atoms with Crippen LogP contribution >= 0.6 is 11.6 Å². The molecule has 3 heteroatoms. The van der Waals surface area contributed by atoms with Crippen LogP contribution < -0.4 is 0 Å². The Balaban J connectivity index is 2.88. The van der Waals surface area contributed by atoms with Crippen molar-refractivity contribution in [2.24, 2.45) is 0 Å². The summed E-state index contributed by atoms with van der Waals surface area (Å²) in [6.45, 7) is 3.08. The lowest BCUT2D eigenvalue weighted by molar-refractivity contribution is 0.0483. The maximum atomic E-state index is 8.83. The molecule has 0 fully saturated rings. The van der Waals surface area contributed by atoms with Crippen LogP contribution in [0, 0.1) is 0 Å². The highest BCUT2D eigenvalue weighted by Gasteiger charge is 1.99. The van der Waals surface area contributed by atoms with Gasteiger partial charge in [0, 0.05) is 6.61 Å². The summed E-state index contributed by atoms with van der Waals surface area (Å²) in [5.74, 6) is 0.254. The predicted molar refractivity (Wildman–Crippen MR) is 37.8 cm³/mol. The minimum atomic E-state index is -0.502. The molecule has 1 N–H and O–H groups in total. The molecule has 0 spiro atoms. The largest absolute Gasteiger partial charge is 0.389 e. The SMILES string of the molecule is CCCOC[C@H](O)CCl. The van der Waals surface area contributed by atoms with Crippen LogP contribution in [0.25, 0.3) is 0 Å². The minimum absolute atomic E-state index is 0.254. The van der Waals surface area contributed by atoms with Gasteiger partial charge in [-0.3, -0.25) is 0 Å². The molecule has 1 atom stereocenters. The zero-order chi connectivity index (χ0) is 7.11. The third-order valence-corrected chi connectivity index (χ3v) is 1.19. The van der Waals surface area contributed by atoms with E-state index in [4.69, 9.17) is 21.4 Å². The number of ether oxygens (including phenoxy) is 1. The highest BCUT2D eigenvalue weighted by Crippen LogP contribution is 1.89. The van der Waals surface area contributed by atoms with E-state index in [-0.39, 0.29) is 5.88 Å². The van der Waals surface area contributed by atoms with Gasteiger partial charge in [-0.1, -0.05) is 6.92 Å². The Morgan fingerprint density at radius 2 is 2.33 bits per heavy atom. The lowest BCUT2D eigenvalue weighted by Crippen LogP contribution is -2.16. The molecule has 0 amide bonds. The van der Waals surface area contributed by atoms with Gasteiger partial charge >= 0.3 is 0 Å². The van der Waals surface area contributed by atoms with Gasteiger partial charge in [0.1, 0.15) is 0 Å². The fourth-order valence-corrected chi connectivity index (χ4v) is 0.497. The first-order valence-corrected chi connectivity index (χ1v) is 3.66. The molecule has 0 unspecified atom stereocenters. The van der Waals surface area contributed by atoms with Gasteiger partial charge < -0.3 is 9.84 Å². The summed E-state index contributed by atoms with van der Waals surface area (Å²) in [6.07, 6.45) is 0.480. The van der Waals surface area contributed by atoms with E-state index in [1.165, 1.54) is 0 Å². The Labute approximate surface area is 60.8 Å². The van der Waals surface area contributed by atoms with E-state index in [1.54, 1.807) is 0 Å². The number of halogens is 1. The molecule has 0 saturated heterocycles. The average Bonchev–Trinajstić information content (AvgIpc) is 1.89. The fraction of sp³-hybridized carbons (Fsp3) is 1.00. The first-order chi connectivity index (χ1) is 4.31. The van der Waals surface area contributed by atoms with Crippen LogP contribution in [0.2, 0.25) is 0 Å². The summed E-state index contributed by atoms with van der Waals surface area (Å²) >= 11 is 5.30. The number of alkyl halides is 1. The van der Waals surface area contributed by atoms with Gasteiger partial charge in [0.25, 0.3) is 0 Å². The minimum Gasteiger partial charge on any atom is -0.389 e. The third kappa shape index (κ3) is 6.09. The zero-order valence-electron chi connectivity index (χ0n) is 5.64. The number of hydrogen-bond acceptors (Lipinski definition) is 2. The Bertz CT molecular complexity index is 59.0. The lowest BCUT2D eigenvalue weighted by atomic mass is 10.4. The highest BCUT2D eigenvalue weighted by molar-refractivity contribution is 6.18. The molecular weight excluding hydrogens is 140 g/mol. The molecule has 56 valence electrons. The molecule has 0 aliphatic rings. The fourth-order valence-electron chi connectivity index (χ4n) is 0.408. The Morgan fingerprint density at radius 1 is 1.67 bits per heavy atom. The molecule has 0 bridgehead atoms. The van der Waals surface area contributed by atoms with Crippen molar-refractivity contribution >= 4 is 11.6 Å². The molecule has 0 aromatic heterocycles. The van der Waals surface area contributed by atoms with Crippen molar-refractivity contribution in [3.63, 3.8) is 0 Å². The van der Waals surface area contributed by atoms with Crippen LogP contribution in [0.1, 0.15) is 13.3 Å². The van der Waals surface area contributed by atoms with Gasteiger partial charge in [-0.25, -0.2) is 0 Å². The highest BCUT2D eigenvalue weighted by atomic mass is 35.5. The van der Waals surface area contributed by atoms with E-state index in [1.807, 2.05) is 6.92 Å². The van der Waals surface area contributed by atoms with Gasteiger partial charge in [0.2, 0.25) is 0 Å². The molecule has 0 aromatic rings. The quantitative estimate of drug-likeness (QED) is 0.471. The van der Waals surface area contributed by atoms with Crippen molar-refractivity contribution in [1.29, 1.82) is 0 Å². The number of rotatable bonds is 5. The summed E-state index contributed by atoms with van der Waals surface area (Å²) in [7, 11) is 0. The lowest BCUT2D eigenvalue weighted by Gasteiger charge is -2.05. The van der Waals surface area contributed by atoms with Crippen LogP contribution in [0.5, 0.6) is 0 Å². The van der Waals surface area contributed by atoms with Gasteiger partial charge in [-0.2, -0.15) is 0 Å². The van der Waals surface area contributed by atoms with Crippen molar-refractivity contribution in [3.8, 4) is 0 Å². The zero-order valence-corrected chi connectivity index (χ0v) is 6.40. The van der Waals surface area contributed by atoms with Crippen LogP contribution in [0.15, 0.2) is 0 Å². The third-order valence-electron chi connectivity index (χ3n) is 0.837. The van der Waals surface area contributed by atoms with E-state index in [0.29, 0.717) is 13.2 Å². The Kier molecular flexibility index (Phi) is 6.48. The van der Waals surface area contributed by atoms with Crippen molar-refractivity contribution < 1.29 is 9.84 Å². The van der Waals surface area contributed by atoms with Crippen molar-refractivity contribution in [2.45, 2.75) is 19.4 Å². The molecule has 2 nitrogen and oxygen atoms in total. The van der Waals surface area contributed by atoms with E-state index < -0.39 is 6.10 Å². The standard InChI is InChI=1S/C6H13ClO2/c1-2-3-9-5-6(8)4-7/h6,8H,2-5H2,1H3/t6-/m1/s1. The second-order valence-corrected chi connectivity index (χ2v) is 2.19. The molecule has 0 saturated carbocycles. The first-order valence-electron chi connectivity index (χ1n) is 3.13. The van der Waals surface area contributed by atoms with Gasteiger partial charge in [0.05, 0.1) is 18.6 Å². The molecule has 0 heterocycles. The van der Waals surface area contributed by atoms with Crippen LogP contribution in [0.4, 0.5) is 0 Å². The normalized spacial score (nSPS) is 13.7. The topological polar surface area (TPSA) is 29.5 Å². The molecule has 0 aliphatic carbocycles. The molecule has 0 rings (SSSR count). The monoisotopic (exact) mass is 152 g/mol. The summed E-state index contributed by atoms with van der Waals surface area (Å²) in [6, 6.07) is 0. The van der Waals surface area contributed by atoms with Crippen molar-refractivity contribution in [2.75, 3.05) is 19.1 Å². The Morgan fingerprint density at radius 3 is 2.78 bits per heavy atom. The van der Waals surface area contributed by atoms with Gasteiger partial charge in [0.15, 0.2) is 0 Å². The number of aliphatic hydroxyl groups excluding tert-OH is 1. The smallest absolute Gasteiger partial charge is 0.0908 e. The Hall–Kier alpha value is 0.210. The summed E-state index contributed by atoms with van der Waals surface area (Å²) < 4.78 is 5.00. The van der Waals surface area contributed by atoms with Crippen LogP contribution in [-0.2, 0) is 4.74 Å². The average molecular weight is 153 g/mol. The van der Waals surface area contributed by atoms with E-state index in [9.17, 15) is 0 Å². The van der Waals surface area contributed by atoms with E-state index in [0.717, 1.165) is 6.42 Å². The van der Waals surface area contributed by atoms with E-state index in [2.05, 4.69) is 0 Å². The van der Waals surface area contributed by atoms with Gasteiger partial charge in [-0.05, 0) is 6.42 Å². The van der Waals surface area contributed by atoms with Crippen LogP contribution in [0.3, 0.4) is 0 Å². The molecule has 0 radical (unpaired) electrons. The second kappa shape index (κ2) is 6.33.